The molecule has 0 radical (unpaired) electrons. The molecule has 0 fully saturated rings. The summed E-state index contributed by atoms with van der Waals surface area (Å²) >= 11 is 0. The number of rotatable bonds is 6. The highest BCUT2D eigenvalue weighted by Crippen LogP contribution is 2.24. The van der Waals surface area contributed by atoms with Gasteiger partial charge in [-0.2, -0.15) is 0 Å². The lowest BCUT2D eigenvalue weighted by Crippen LogP contribution is -2.30. The van der Waals surface area contributed by atoms with Crippen LogP contribution in [0.4, 0.5) is 0 Å². The second-order valence-corrected chi connectivity index (χ2v) is 5.33. The van der Waals surface area contributed by atoms with Crippen LogP contribution in [0.3, 0.4) is 0 Å². The number of carbonyl (C=O) groups excluding carboxylic acids is 4. The van der Waals surface area contributed by atoms with E-state index in [1.54, 1.807) is 0 Å². The molecule has 2 rings (SSSR count). The highest BCUT2D eigenvalue weighted by molar-refractivity contribution is 6.21. The van der Waals surface area contributed by atoms with Gasteiger partial charge in [-0.25, -0.2) is 4.79 Å². The lowest BCUT2D eigenvalue weighted by Gasteiger charge is -2.12. The Morgan fingerprint density at radius 3 is 2.48 bits per heavy atom. The number of hydrogen-bond donors (Lipinski definition) is 1. The average molecular weight is 318 g/mol. The van der Waals surface area contributed by atoms with Gasteiger partial charge in [-0.3, -0.25) is 19.3 Å². The molecule has 1 aromatic carbocycles. The fourth-order valence-corrected chi connectivity index (χ4v) is 2.22. The summed E-state index contributed by atoms with van der Waals surface area (Å²) in [6.07, 6.45) is 0.501. The smallest absolute Gasteiger partial charge is 0.338 e. The molecule has 0 bridgehead atoms. The van der Waals surface area contributed by atoms with Gasteiger partial charge in [-0.15, -0.1) is 0 Å². The van der Waals surface area contributed by atoms with Gasteiger partial charge in [0.15, 0.2) is 6.10 Å². The summed E-state index contributed by atoms with van der Waals surface area (Å²) < 4.78 is 4.89. The standard InChI is InChI=1S/C16H18N2O5/c1-3-4-7-18-14(20)11-6-5-10(8-12(11)15(18)21)16(22)23-9(2)13(17)19/h5-6,8-9H,3-4,7H2,1-2H3,(H2,17,19). The van der Waals surface area contributed by atoms with Crippen LogP contribution in [0.15, 0.2) is 18.2 Å². The lowest BCUT2D eigenvalue weighted by molar-refractivity contribution is -0.125. The van der Waals surface area contributed by atoms with Gasteiger partial charge in [0.1, 0.15) is 0 Å². The first-order valence-electron chi connectivity index (χ1n) is 7.37. The van der Waals surface area contributed by atoms with E-state index in [2.05, 4.69) is 0 Å². The van der Waals surface area contributed by atoms with Crippen molar-refractivity contribution in [2.75, 3.05) is 6.54 Å². The highest BCUT2D eigenvalue weighted by atomic mass is 16.5. The topological polar surface area (TPSA) is 107 Å². The summed E-state index contributed by atoms with van der Waals surface area (Å²) in [6, 6.07) is 4.13. The Bertz CT molecular complexity index is 683. The first kappa shape index (κ1) is 16.7. The van der Waals surface area contributed by atoms with Crippen LogP contribution >= 0.6 is 0 Å². The molecule has 2 N–H and O–H groups in total. The number of nitrogens with zero attached hydrogens (tertiary/aromatic N) is 1. The van der Waals surface area contributed by atoms with Gasteiger partial charge in [-0.1, -0.05) is 13.3 Å². The third kappa shape index (κ3) is 3.23. The molecule has 0 saturated carbocycles. The van der Waals surface area contributed by atoms with Crippen LogP contribution in [0.5, 0.6) is 0 Å². The molecule has 0 spiro atoms. The van der Waals surface area contributed by atoms with Gasteiger partial charge in [0.05, 0.1) is 16.7 Å². The number of amides is 3. The van der Waals surface area contributed by atoms with Crippen LogP contribution in [-0.4, -0.2) is 41.2 Å². The zero-order valence-electron chi connectivity index (χ0n) is 13.0. The van der Waals surface area contributed by atoms with E-state index in [4.69, 9.17) is 10.5 Å². The minimum atomic E-state index is -1.07. The Balaban J connectivity index is 2.23. The molecule has 1 unspecified atom stereocenters. The Labute approximate surface area is 133 Å². The van der Waals surface area contributed by atoms with Crippen molar-refractivity contribution in [2.45, 2.75) is 32.8 Å². The van der Waals surface area contributed by atoms with Crippen LogP contribution < -0.4 is 5.73 Å². The molecule has 1 heterocycles. The first-order valence-corrected chi connectivity index (χ1v) is 7.37. The Morgan fingerprint density at radius 1 is 1.22 bits per heavy atom. The normalized spacial score (nSPS) is 14.6. The summed E-state index contributed by atoms with van der Waals surface area (Å²) in [6.45, 7) is 3.67. The number of unbranched alkanes of at least 4 members (excludes halogenated alkanes) is 1. The Hall–Kier alpha value is -2.70. The number of nitrogens with two attached hydrogens (primary N) is 1. The van der Waals surface area contributed by atoms with Gasteiger partial charge in [0, 0.05) is 6.54 Å². The summed E-state index contributed by atoms with van der Waals surface area (Å²) in [5.74, 6) is -2.32. The van der Waals surface area contributed by atoms with E-state index in [1.807, 2.05) is 6.92 Å². The fraction of sp³-hybridized carbons (Fsp3) is 0.375. The molecule has 0 aromatic heterocycles. The number of benzene rings is 1. The van der Waals surface area contributed by atoms with Crippen molar-refractivity contribution < 1.29 is 23.9 Å². The minimum Gasteiger partial charge on any atom is -0.449 e. The SMILES string of the molecule is CCCCN1C(=O)c2ccc(C(=O)OC(C)C(N)=O)cc2C1=O. The van der Waals surface area contributed by atoms with E-state index >= 15 is 0 Å². The van der Waals surface area contributed by atoms with Crippen molar-refractivity contribution in [3.8, 4) is 0 Å². The predicted octanol–water partition coefficient (Wildman–Crippen LogP) is 1.11. The van der Waals surface area contributed by atoms with Crippen LogP contribution in [0.1, 0.15) is 57.8 Å². The quantitative estimate of drug-likeness (QED) is 0.624. The van der Waals surface area contributed by atoms with E-state index in [0.29, 0.717) is 6.54 Å². The number of carbonyl (C=O) groups is 4. The van der Waals surface area contributed by atoms with Crippen molar-refractivity contribution >= 4 is 23.7 Å². The van der Waals surface area contributed by atoms with Gasteiger partial charge >= 0.3 is 5.97 Å². The van der Waals surface area contributed by atoms with Gasteiger partial charge in [-0.05, 0) is 31.5 Å². The second kappa shape index (κ2) is 6.60. The van der Waals surface area contributed by atoms with Crippen LogP contribution in [0.2, 0.25) is 0 Å². The summed E-state index contributed by atoms with van der Waals surface area (Å²) in [5.41, 5.74) is 5.57. The number of imide groups is 1. The number of ether oxygens (including phenoxy) is 1. The van der Waals surface area contributed by atoms with Crippen molar-refractivity contribution in [1.29, 1.82) is 0 Å². The lowest BCUT2D eigenvalue weighted by atomic mass is 10.1. The molecule has 3 amide bonds. The third-order valence-electron chi connectivity index (χ3n) is 3.63. The first-order chi connectivity index (χ1) is 10.9. The minimum absolute atomic E-state index is 0.0929. The Kier molecular flexibility index (Phi) is 4.78. The molecule has 23 heavy (non-hydrogen) atoms. The van der Waals surface area contributed by atoms with Crippen molar-refractivity contribution in [3.05, 3.63) is 34.9 Å². The molecule has 7 heteroatoms. The summed E-state index contributed by atoms with van der Waals surface area (Å²) in [5, 5.41) is 0. The molecule has 0 aliphatic carbocycles. The molecular formula is C16H18N2O5. The van der Waals surface area contributed by atoms with E-state index < -0.39 is 23.9 Å². The average Bonchev–Trinajstić information content (AvgIpc) is 2.76. The maximum atomic E-state index is 12.3. The van der Waals surface area contributed by atoms with E-state index in [1.165, 1.54) is 30.0 Å². The van der Waals surface area contributed by atoms with E-state index in [0.717, 1.165) is 12.8 Å². The molecule has 1 aliphatic heterocycles. The summed E-state index contributed by atoms with van der Waals surface area (Å²) in [7, 11) is 0. The van der Waals surface area contributed by atoms with Crippen LogP contribution in [0, 0.1) is 0 Å². The van der Waals surface area contributed by atoms with Crippen molar-refractivity contribution in [1.82, 2.24) is 4.90 Å². The molecule has 1 atom stereocenters. The fourth-order valence-electron chi connectivity index (χ4n) is 2.22. The van der Waals surface area contributed by atoms with Crippen LogP contribution in [-0.2, 0) is 9.53 Å². The highest BCUT2D eigenvalue weighted by Gasteiger charge is 2.35. The maximum Gasteiger partial charge on any atom is 0.338 e. The Morgan fingerprint density at radius 2 is 1.87 bits per heavy atom. The molecule has 1 aliphatic rings. The van der Waals surface area contributed by atoms with Gasteiger partial charge < -0.3 is 10.5 Å². The zero-order valence-corrected chi connectivity index (χ0v) is 13.0. The molecule has 0 saturated heterocycles. The van der Waals surface area contributed by atoms with Gasteiger partial charge in [0.25, 0.3) is 17.7 Å². The van der Waals surface area contributed by atoms with Crippen molar-refractivity contribution in [2.24, 2.45) is 5.73 Å². The molecule has 7 nitrogen and oxygen atoms in total. The zero-order chi connectivity index (χ0) is 17.1. The third-order valence-corrected chi connectivity index (χ3v) is 3.63. The van der Waals surface area contributed by atoms with Crippen molar-refractivity contribution in [3.63, 3.8) is 0 Å². The second-order valence-electron chi connectivity index (χ2n) is 5.33. The summed E-state index contributed by atoms with van der Waals surface area (Å²) in [4.78, 5) is 48.6. The van der Waals surface area contributed by atoms with Gasteiger partial charge in [0.2, 0.25) is 0 Å². The maximum absolute atomic E-state index is 12.3. The molecule has 1 aromatic rings. The number of primary amides is 1. The predicted molar refractivity (Wildman–Crippen MR) is 80.8 cm³/mol. The largest absolute Gasteiger partial charge is 0.449 e. The number of fused-ring (bicyclic) bond motifs is 1. The van der Waals surface area contributed by atoms with E-state index in [9.17, 15) is 19.2 Å². The molecule has 122 valence electrons. The number of hydrogen-bond acceptors (Lipinski definition) is 5. The van der Waals surface area contributed by atoms with Crippen LogP contribution in [0.25, 0.3) is 0 Å². The monoisotopic (exact) mass is 318 g/mol. The van der Waals surface area contributed by atoms with E-state index in [-0.39, 0.29) is 22.6 Å². The molecular weight excluding hydrogens is 300 g/mol. The number of esters is 1.